The van der Waals surface area contributed by atoms with Crippen LogP contribution in [0.5, 0.6) is 0 Å². The molecular weight excluding hydrogens is 220 g/mol. The Balaban J connectivity index is 1.96. The lowest BCUT2D eigenvalue weighted by Gasteiger charge is -2.25. The Kier molecular flexibility index (Phi) is 4.77. The third-order valence-electron chi connectivity index (χ3n) is 3.65. The zero-order valence-electron chi connectivity index (χ0n) is 9.83. The molecule has 0 aromatic rings. The summed E-state index contributed by atoms with van der Waals surface area (Å²) in [5, 5.41) is 0. The fourth-order valence-corrected chi connectivity index (χ4v) is 2.98. The Bertz CT molecular complexity index is 264. The third kappa shape index (κ3) is 3.28. The molecule has 0 radical (unpaired) electrons. The zero-order chi connectivity index (χ0) is 11.2. The van der Waals surface area contributed by atoms with Crippen molar-refractivity contribution in [2.75, 3.05) is 5.88 Å². The smallest absolute Gasteiger partial charge is 0.117 e. The lowest BCUT2D eigenvalue weighted by Crippen LogP contribution is -2.15. The van der Waals surface area contributed by atoms with E-state index < -0.39 is 0 Å². The minimum Gasteiger partial charge on any atom is -0.494 e. The second-order valence-corrected chi connectivity index (χ2v) is 5.10. The van der Waals surface area contributed by atoms with Crippen molar-refractivity contribution >= 4 is 11.6 Å². The Morgan fingerprint density at radius 2 is 2.06 bits per heavy atom. The summed E-state index contributed by atoms with van der Waals surface area (Å²) in [5.41, 5.74) is 1.42. The van der Waals surface area contributed by atoms with Crippen LogP contribution in [0.4, 0.5) is 0 Å². The normalized spacial score (nSPS) is 27.8. The molecule has 0 spiro atoms. The minimum atomic E-state index is 0.265. The standard InChI is InChI=1S/C14H21ClO/c15-11-13(12-6-2-1-3-7-12)10-14-8-4-5-9-16-14/h5,9-10,12,14H,1-4,6-8,11H2. The van der Waals surface area contributed by atoms with E-state index in [-0.39, 0.29) is 6.10 Å². The van der Waals surface area contributed by atoms with Crippen molar-refractivity contribution in [2.24, 2.45) is 5.92 Å². The van der Waals surface area contributed by atoms with Gasteiger partial charge in [0.2, 0.25) is 0 Å². The fraction of sp³-hybridized carbons (Fsp3) is 0.714. The van der Waals surface area contributed by atoms with Gasteiger partial charge in [0.25, 0.3) is 0 Å². The molecule has 2 aliphatic rings. The Hall–Kier alpha value is -0.430. The number of alkyl halides is 1. The quantitative estimate of drug-likeness (QED) is 0.524. The first-order chi connectivity index (χ1) is 7.90. The molecule has 2 rings (SSSR count). The van der Waals surface area contributed by atoms with Gasteiger partial charge >= 0.3 is 0 Å². The van der Waals surface area contributed by atoms with Gasteiger partial charge in [-0.1, -0.05) is 24.8 Å². The summed E-state index contributed by atoms with van der Waals surface area (Å²) < 4.78 is 5.59. The molecule has 0 amide bonds. The van der Waals surface area contributed by atoms with Gasteiger partial charge in [-0.2, -0.15) is 0 Å². The monoisotopic (exact) mass is 240 g/mol. The van der Waals surface area contributed by atoms with Crippen molar-refractivity contribution in [1.29, 1.82) is 0 Å². The average Bonchev–Trinajstić information content (AvgIpc) is 2.38. The minimum absolute atomic E-state index is 0.265. The van der Waals surface area contributed by atoms with Gasteiger partial charge in [0.15, 0.2) is 0 Å². The van der Waals surface area contributed by atoms with E-state index >= 15 is 0 Å². The van der Waals surface area contributed by atoms with E-state index in [0.29, 0.717) is 5.88 Å². The van der Waals surface area contributed by atoms with E-state index in [9.17, 15) is 0 Å². The summed E-state index contributed by atoms with van der Waals surface area (Å²) in [7, 11) is 0. The molecule has 1 aliphatic heterocycles. The van der Waals surface area contributed by atoms with Crippen LogP contribution in [0, 0.1) is 5.92 Å². The van der Waals surface area contributed by atoms with Gasteiger partial charge < -0.3 is 4.74 Å². The topological polar surface area (TPSA) is 9.23 Å². The van der Waals surface area contributed by atoms with Crippen LogP contribution in [0.1, 0.15) is 44.9 Å². The number of ether oxygens (including phenoxy) is 1. The van der Waals surface area contributed by atoms with Gasteiger partial charge in [0.05, 0.1) is 6.26 Å². The van der Waals surface area contributed by atoms with Crippen LogP contribution in [-0.4, -0.2) is 12.0 Å². The first-order valence-electron chi connectivity index (χ1n) is 6.47. The largest absolute Gasteiger partial charge is 0.494 e. The highest BCUT2D eigenvalue weighted by Crippen LogP contribution is 2.31. The van der Waals surface area contributed by atoms with E-state index in [1.165, 1.54) is 37.7 Å². The predicted molar refractivity (Wildman–Crippen MR) is 68.6 cm³/mol. The van der Waals surface area contributed by atoms with Gasteiger partial charge in [-0.25, -0.2) is 0 Å². The molecule has 1 unspecified atom stereocenters. The molecule has 0 aromatic heterocycles. The second-order valence-electron chi connectivity index (χ2n) is 4.83. The third-order valence-corrected chi connectivity index (χ3v) is 3.96. The van der Waals surface area contributed by atoms with E-state index in [1.54, 1.807) is 0 Å². The molecule has 1 nitrogen and oxygen atoms in total. The Morgan fingerprint density at radius 3 is 2.69 bits per heavy atom. The average molecular weight is 241 g/mol. The van der Waals surface area contributed by atoms with Gasteiger partial charge in [-0.05, 0) is 43.8 Å². The highest BCUT2D eigenvalue weighted by atomic mass is 35.5. The van der Waals surface area contributed by atoms with Crippen LogP contribution < -0.4 is 0 Å². The fourth-order valence-electron chi connectivity index (χ4n) is 2.68. The molecular formula is C14H21ClO. The Labute approximate surface area is 104 Å². The highest BCUT2D eigenvalue weighted by Gasteiger charge is 2.19. The van der Waals surface area contributed by atoms with Crippen molar-refractivity contribution in [3.63, 3.8) is 0 Å². The number of rotatable bonds is 3. The maximum atomic E-state index is 6.08. The molecule has 1 saturated carbocycles. The summed E-state index contributed by atoms with van der Waals surface area (Å²) in [5.74, 6) is 1.40. The van der Waals surface area contributed by atoms with Crippen molar-refractivity contribution in [2.45, 2.75) is 51.0 Å². The van der Waals surface area contributed by atoms with Gasteiger partial charge in [-0.15, -0.1) is 11.6 Å². The maximum absolute atomic E-state index is 6.08. The van der Waals surface area contributed by atoms with Crippen LogP contribution in [-0.2, 0) is 4.74 Å². The molecule has 1 heterocycles. The highest BCUT2D eigenvalue weighted by molar-refractivity contribution is 6.19. The van der Waals surface area contributed by atoms with Gasteiger partial charge in [0, 0.05) is 5.88 Å². The molecule has 1 fully saturated rings. The Morgan fingerprint density at radius 1 is 1.25 bits per heavy atom. The molecule has 16 heavy (non-hydrogen) atoms. The molecule has 0 aromatic carbocycles. The van der Waals surface area contributed by atoms with E-state index in [0.717, 1.165) is 18.8 Å². The first-order valence-corrected chi connectivity index (χ1v) is 7.00. The number of hydrogen-bond acceptors (Lipinski definition) is 1. The zero-order valence-corrected chi connectivity index (χ0v) is 10.6. The van der Waals surface area contributed by atoms with Gasteiger partial charge in [-0.3, -0.25) is 0 Å². The van der Waals surface area contributed by atoms with E-state index in [2.05, 4.69) is 12.2 Å². The van der Waals surface area contributed by atoms with Crippen molar-refractivity contribution in [3.05, 3.63) is 24.0 Å². The molecule has 1 atom stereocenters. The van der Waals surface area contributed by atoms with Gasteiger partial charge in [0.1, 0.15) is 6.10 Å². The van der Waals surface area contributed by atoms with Crippen molar-refractivity contribution < 1.29 is 4.74 Å². The van der Waals surface area contributed by atoms with Crippen LogP contribution in [0.2, 0.25) is 0 Å². The van der Waals surface area contributed by atoms with Crippen LogP contribution in [0.15, 0.2) is 24.0 Å². The molecule has 90 valence electrons. The molecule has 2 heteroatoms. The molecule has 0 N–H and O–H groups in total. The SMILES string of the molecule is ClCC(=CC1CCC=CO1)C1CCCCC1. The van der Waals surface area contributed by atoms with Crippen molar-refractivity contribution in [3.8, 4) is 0 Å². The lowest BCUT2D eigenvalue weighted by atomic mass is 9.83. The van der Waals surface area contributed by atoms with Crippen LogP contribution >= 0.6 is 11.6 Å². The summed E-state index contributed by atoms with van der Waals surface area (Å²) in [4.78, 5) is 0. The predicted octanol–water partition coefficient (Wildman–Crippen LogP) is 4.42. The molecule has 1 aliphatic carbocycles. The van der Waals surface area contributed by atoms with E-state index in [1.807, 2.05) is 6.26 Å². The first kappa shape index (κ1) is 12.0. The summed E-state index contributed by atoms with van der Waals surface area (Å²) in [6.07, 6.45) is 15.5. The number of halogens is 1. The number of hydrogen-bond donors (Lipinski definition) is 0. The summed E-state index contributed by atoms with van der Waals surface area (Å²) in [6.45, 7) is 0. The van der Waals surface area contributed by atoms with Crippen LogP contribution in [0.3, 0.4) is 0 Å². The maximum Gasteiger partial charge on any atom is 0.117 e. The number of allylic oxidation sites excluding steroid dienone is 2. The second kappa shape index (κ2) is 6.34. The summed E-state index contributed by atoms with van der Waals surface area (Å²) in [6, 6.07) is 0. The lowest BCUT2D eigenvalue weighted by molar-refractivity contribution is 0.163. The van der Waals surface area contributed by atoms with Crippen molar-refractivity contribution in [1.82, 2.24) is 0 Å². The van der Waals surface area contributed by atoms with E-state index in [4.69, 9.17) is 16.3 Å². The molecule has 0 bridgehead atoms. The van der Waals surface area contributed by atoms with Crippen LogP contribution in [0.25, 0.3) is 0 Å². The molecule has 0 saturated heterocycles. The summed E-state index contributed by atoms with van der Waals surface area (Å²) >= 11 is 6.08.